The van der Waals surface area contributed by atoms with Gasteiger partial charge in [-0.15, -0.1) is 0 Å². The molecule has 1 saturated carbocycles. The number of hydrogen-bond acceptors (Lipinski definition) is 11. The van der Waals surface area contributed by atoms with Gasteiger partial charge in [-0.3, -0.25) is 14.4 Å². The van der Waals surface area contributed by atoms with Crippen molar-refractivity contribution in [2.45, 2.75) is 57.8 Å². The van der Waals surface area contributed by atoms with Crippen LogP contribution >= 0.6 is 0 Å². The van der Waals surface area contributed by atoms with Crippen molar-refractivity contribution in [3.8, 4) is 11.5 Å². The van der Waals surface area contributed by atoms with Gasteiger partial charge >= 0.3 is 17.9 Å². The van der Waals surface area contributed by atoms with E-state index in [0.717, 1.165) is 18.4 Å². The number of hydrogen-bond donors (Lipinski definition) is 1. The summed E-state index contributed by atoms with van der Waals surface area (Å²) in [6.07, 6.45) is 2.73. The molecular weight excluding hydrogens is 548 g/mol. The van der Waals surface area contributed by atoms with Crippen molar-refractivity contribution in [2.75, 3.05) is 27.1 Å². The van der Waals surface area contributed by atoms with Crippen molar-refractivity contribution >= 4 is 23.8 Å². The normalized spacial score (nSPS) is 22.4. The minimum absolute atomic E-state index is 0.0718. The van der Waals surface area contributed by atoms with E-state index >= 15 is 0 Å². The van der Waals surface area contributed by atoms with Gasteiger partial charge in [0.05, 0.1) is 26.2 Å². The zero-order valence-corrected chi connectivity index (χ0v) is 23.9. The number of carbonyl (C=O) groups is 4. The van der Waals surface area contributed by atoms with Crippen molar-refractivity contribution < 1.29 is 47.6 Å². The summed E-state index contributed by atoms with van der Waals surface area (Å²) in [5, 5.41) is 2.60. The number of nitrogens with zero attached hydrogens (tertiary/aromatic N) is 1. The van der Waals surface area contributed by atoms with Gasteiger partial charge < -0.3 is 33.7 Å². The maximum absolute atomic E-state index is 13.3. The molecule has 1 aliphatic heterocycles. The fourth-order valence-electron chi connectivity index (χ4n) is 4.59. The molecule has 12 nitrogen and oxygen atoms in total. The lowest BCUT2D eigenvalue weighted by Gasteiger charge is -2.30. The second-order valence-corrected chi connectivity index (χ2v) is 10.3. The lowest BCUT2D eigenvalue weighted by Crippen LogP contribution is -2.46. The predicted molar refractivity (Wildman–Crippen MR) is 147 cm³/mol. The first-order valence-corrected chi connectivity index (χ1v) is 13.9. The number of nitrogens with one attached hydrogen (secondary N) is 1. The molecular formula is C30H36N2O10. The highest BCUT2D eigenvalue weighted by Gasteiger charge is 2.40. The lowest BCUT2D eigenvalue weighted by atomic mass is 9.92. The van der Waals surface area contributed by atoms with E-state index in [-0.39, 0.29) is 48.2 Å². The minimum atomic E-state index is -1.19. The van der Waals surface area contributed by atoms with Crippen LogP contribution in [0.3, 0.4) is 0 Å². The van der Waals surface area contributed by atoms with Crippen LogP contribution in [0.1, 0.15) is 49.2 Å². The zero-order chi connectivity index (χ0) is 30.1. The highest BCUT2D eigenvalue weighted by Crippen LogP contribution is 2.33. The van der Waals surface area contributed by atoms with Crippen LogP contribution in [0.5, 0.6) is 11.5 Å². The van der Waals surface area contributed by atoms with Gasteiger partial charge in [-0.25, -0.2) is 9.78 Å². The Balaban J connectivity index is 1.49. The average molecular weight is 585 g/mol. The largest absolute Gasteiger partial charge is 0.493 e. The second-order valence-electron chi connectivity index (χ2n) is 10.3. The Bertz CT molecular complexity index is 1250. The number of ether oxygens (including phenoxy) is 6. The molecule has 2 fully saturated rings. The van der Waals surface area contributed by atoms with E-state index in [1.165, 1.54) is 26.3 Å². The summed E-state index contributed by atoms with van der Waals surface area (Å²) in [5.41, 5.74) is 0.927. The number of methoxy groups -OCH3 is 1. The molecule has 1 aromatic heterocycles. The lowest BCUT2D eigenvalue weighted by molar-refractivity contribution is -0.172. The summed E-state index contributed by atoms with van der Waals surface area (Å²) in [6, 6.07) is 10.2. The molecule has 4 atom stereocenters. The number of carbonyl (C=O) groups excluding carboxylic acids is 4. The van der Waals surface area contributed by atoms with Crippen molar-refractivity contribution in [1.82, 2.24) is 10.3 Å². The first-order valence-electron chi connectivity index (χ1n) is 13.9. The monoisotopic (exact) mass is 584 g/mol. The van der Waals surface area contributed by atoms with E-state index in [1.807, 2.05) is 30.3 Å². The molecule has 0 spiro atoms. The third-order valence-corrected chi connectivity index (χ3v) is 7.01. The van der Waals surface area contributed by atoms with Crippen LogP contribution in [-0.4, -0.2) is 74.2 Å². The Kier molecular flexibility index (Phi) is 10.7. The summed E-state index contributed by atoms with van der Waals surface area (Å²) in [4.78, 5) is 54.4. The van der Waals surface area contributed by atoms with Crippen molar-refractivity contribution in [1.29, 1.82) is 0 Å². The van der Waals surface area contributed by atoms with Gasteiger partial charge in [-0.2, -0.15) is 0 Å². The predicted octanol–water partition coefficient (Wildman–Crippen LogP) is 2.62. The van der Waals surface area contributed by atoms with Crippen molar-refractivity contribution in [3.05, 3.63) is 53.9 Å². The van der Waals surface area contributed by atoms with Gasteiger partial charge in [0, 0.05) is 25.1 Å². The van der Waals surface area contributed by atoms with E-state index in [9.17, 15) is 19.2 Å². The van der Waals surface area contributed by atoms with Crippen LogP contribution < -0.4 is 14.8 Å². The standard InChI is InChI=1S/C30H36N2O10/c1-18-26(42-29(35)21-11-12-21)22(10-9-20-7-5-4-6-8-20)15-38-16-23(30(36)41-18)32-28(34)25-27(40-17-39-19(2)33)24(37-3)13-14-31-25/h4-8,13-14,18,21-23,26H,9-12,15-17H2,1-3H3,(H,32,34)/t18-,22-,23-,26-/m0/s1. The topological polar surface area (TPSA) is 149 Å². The van der Waals surface area contributed by atoms with Crippen LogP contribution in [-0.2, 0) is 39.8 Å². The van der Waals surface area contributed by atoms with Crippen molar-refractivity contribution in [3.63, 3.8) is 0 Å². The van der Waals surface area contributed by atoms with E-state index in [4.69, 9.17) is 28.4 Å². The Hall–Kier alpha value is -4.19. The third kappa shape index (κ3) is 8.41. The van der Waals surface area contributed by atoms with Gasteiger partial charge in [0.1, 0.15) is 12.2 Å². The van der Waals surface area contributed by atoms with Gasteiger partial charge in [-0.05, 0) is 38.2 Å². The average Bonchev–Trinajstić information content (AvgIpc) is 3.82. The van der Waals surface area contributed by atoms with E-state index in [2.05, 4.69) is 10.3 Å². The summed E-state index contributed by atoms with van der Waals surface area (Å²) in [6.45, 7) is 2.40. The molecule has 4 rings (SSSR count). The van der Waals surface area contributed by atoms with E-state index in [1.54, 1.807) is 6.92 Å². The molecule has 42 heavy (non-hydrogen) atoms. The summed E-state index contributed by atoms with van der Waals surface area (Å²) >= 11 is 0. The molecule has 1 N–H and O–H groups in total. The van der Waals surface area contributed by atoms with Crippen LogP contribution in [0.15, 0.2) is 42.6 Å². The van der Waals surface area contributed by atoms with Crippen LogP contribution in [0.25, 0.3) is 0 Å². The minimum Gasteiger partial charge on any atom is -0.493 e. The molecule has 0 bridgehead atoms. The molecule has 1 aromatic carbocycles. The molecule has 0 unspecified atom stereocenters. The number of pyridine rings is 1. The maximum atomic E-state index is 13.3. The van der Waals surface area contributed by atoms with Crippen molar-refractivity contribution in [2.24, 2.45) is 11.8 Å². The number of aromatic nitrogens is 1. The summed E-state index contributed by atoms with van der Waals surface area (Å²) in [5.74, 6) is -2.68. The zero-order valence-electron chi connectivity index (χ0n) is 23.9. The molecule has 0 radical (unpaired) electrons. The quantitative estimate of drug-likeness (QED) is 0.236. The smallest absolute Gasteiger partial charge is 0.331 e. The maximum Gasteiger partial charge on any atom is 0.331 e. The Morgan fingerprint density at radius 1 is 1.10 bits per heavy atom. The summed E-state index contributed by atoms with van der Waals surface area (Å²) in [7, 11) is 1.38. The first-order chi connectivity index (χ1) is 20.3. The molecule has 226 valence electrons. The fourth-order valence-corrected chi connectivity index (χ4v) is 4.59. The molecule has 2 aliphatic rings. The number of rotatable bonds is 11. The highest BCUT2D eigenvalue weighted by molar-refractivity contribution is 5.98. The van der Waals surface area contributed by atoms with Gasteiger partial charge in [0.25, 0.3) is 5.91 Å². The molecule has 2 aromatic rings. The number of cyclic esters (lactones) is 1. The SMILES string of the molecule is COc1ccnc(C(=O)N[C@H]2COC[C@H](CCc3ccccc3)[C@@H](OC(=O)C3CC3)[C@H](C)OC2=O)c1OCOC(C)=O. The number of benzene rings is 1. The molecule has 2 heterocycles. The number of amides is 1. The van der Waals surface area contributed by atoms with E-state index in [0.29, 0.717) is 12.8 Å². The first kappa shape index (κ1) is 30.8. The van der Waals surface area contributed by atoms with Crippen LogP contribution in [0.4, 0.5) is 0 Å². The van der Waals surface area contributed by atoms with Crippen LogP contribution in [0, 0.1) is 11.8 Å². The Morgan fingerprint density at radius 2 is 1.86 bits per heavy atom. The van der Waals surface area contributed by atoms with E-state index < -0.39 is 42.9 Å². The van der Waals surface area contributed by atoms with Gasteiger partial charge in [-0.1, -0.05) is 30.3 Å². The second kappa shape index (κ2) is 14.6. The molecule has 1 saturated heterocycles. The highest BCUT2D eigenvalue weighted by atomic mass is 16.7. The molecule has 1 amide bonds. The summed E-state index contributed by atoms with van der Waals surface area (Å²) < 4.78 is 33.1. The Labute approximate surface area is 244 Å². The third-order valence-electron chi connectivity index (χ3n) is 7.01. The molecule has 12 heteroatoms. The number of esters is 3. The van der Waals surface area contributed by atoms with Gasteiger partial charge in [0.2, 0.25) is 6.79 Å². The fraction of sp³-hybridized carbons (Fsp3) is 0.500. The van der Waals surface area contributed by atoms with Gasteiger partial charge in [0.15, 0.2) is 23.2 Å². The van der Waals surface area contributed by atoms with Crippen LogP contribution in [0.2, 0.25) is 0 Å². The Morgan fingerprint density at radius 3 is 2.55 bits per heavy atom. The molecule has 1 aliphatic carbocycles. The number of aryl methyl sites for hydroxylation is 1.